The van der Waals surface area contributed by atoms with Gasteiger partial charge in [0.05, 0.1) is 5.39 Å². The predicted molar refractivity (Wildman–Crippen MR) is 92.0 cm³/mol. The fourth-order valence-electron chi connectivity index (χ4n) is 3.28. The van der Waals surface area contributed by atoms with Crippen LogP contribution in [0, 0.1) is 6.92 Å². The smallest absolute Gasteiger partial charge is 0.339 e. The van der Waals surface area contributed by atoms with Gasteiger partial charge in [0, 0.05) is 24.5 Å². The summed E-state index contributed by atoms with van der Waals surface area (Å²) in [6, 6.07) is 3.60. The molecule has 1 aromatic heterocycles. The van der Waals surface area contributed by atoms with Gasteiger partial charge in [-0.15, -0.1) is 0 Å². The molecule has 1 N–H and O–H groups in total. The number of benzene rings is 1. The second kappa shape index (κ2) is 7.59. The van der Waals surface area contributed by atoms with E-state index in [2.05, 4.69) is 5.32 Å². The molecule has 0 fully saturated rings. The molecule has 0 bridgehead atoms. The molecule has 1 heterocycles. The van der Waals surface area contributed by atoms with Crippen LogP contribution < -0.4 is 20.8 Å². The quantitative estimate of drug-likeness (QED) is 0.758. The van der Waals surface area contributed by atoms with Crippen molar-refractivity contribution in [3.63, 3.8) is 0 Å². The van der Waals surface area contributed by atoms with Crippen LogP contribution in [0.25, 0.3) is 11.0 Å². The van der Waals surface area contributed by atoms with Crippen LogP contribution >= 0.6 is 0 Å². The van der Waals surface area contributed by atoms with Crippen LogP contribution in [0.5, 0.6) is 5.75 Å². The number of ether oxygens (including phenoxy) is 1. The van der Waals surface area contributed by atoms with Gasteiger partial charge in [-0.2, -0.15) is 0 Å². The summed E-state index contributed by atoms with van der Waals surface area (Å²) in [6.45, 7) is 1.59. The highest BCUT2D eigenvalue weighted by atomic mass is 16.5. The minimum absolute atomic E-state index is 0.0106. The number of nitrogens with one attached hydrogen (secondary N) is 1. The molecule has 0 aliphatic heterocycles. The number of rotatable bonds is 6. The van der Waals surface area contributed by atoms with Crippen molar-refractivity contribution >= 4 is 22.8 Å². The van der Waals surface area contributed by atoms with E-state index in [0.29, 0.717) is 23.3 Å². The third-order valence-corrected chi connectivity index (χ3v) is 4.44. The number of hydrogen-bond acceptors (Lipinski definition) is 6. The minimum Gasteiger partial charge on any atom is -0.550 e. The highest BCUT2D eigenvalue weighted by molar-refractivity contribution is 5.89. The van der Waals surface area contributed by atoms with Crippen LogP contribution in [0.4, 0.5) is 0 Å². The van der Waals surface area contributed by atoms with E-state index in [9.17, 15) is 19.5 Å². The minimum atomic E-state index is -1.22. The van der Waals surface area contributed by atoms with Crippen LogP contribution in [0.1, 0.15) is 36.0 Å². The first kappa shape index (κ1) is 18.0. The van der Waals surface area contributed by atoms with Crippen LogP contribution in [-0.2, 0) is 22.4 Å². The summed E-state index contributed by atoms with van der Waals surface area (Å²) in [5, 5.41) is 13.6. The molecule has 1 amide bonds. The summed E-state index contributed by atoms with van der Waals surface area (Å²) in [5.74, 6) is -1.15. The molecule has 1 aromatic carbocycles. The summed E-state index contributed by atoms with van der Waals surface area (Å²) in [6.07, 6.45) is 3.14. The molecular formula is C19H20NO6-. The van der Waals surface area contributed by atoms with E-state index in [1.165, 1.54) is 0 Å². The van der Waals surface area contributed by atoms with E-state index >= 15 is 0 Å². The van der Waals surface area contributed by atoms with Gasteiger partial charge in [-0.1, -0.05) is 0 Å². The molecule has 2 aromatic rings. The molecule has 1 aliphatic carbocycles. The van der Waals surface area contributed by atoms with E-state index in [0.717, 1.165) is 35.8 Å². The van der Waals surface area contributed by atoms with E-state index in [4.69, 9.17) is 9.15 Å². The Hall–Kier alpha value is -2.83. The van der Waals surface area contributed by atoms with Gasteiger partial charge in [0.15, 0.2) is 6.61 Å². The van der Waals surface area contributed by atoms with Crippen molar-refractivity contribution in [2.75, 3.05) is 13.2 Å². The van der Waals surface area contributed by atoms with E-state index in [1.807, 2.05) is 13.0 Å². The number of hydrogen-bond donors (Lipinski definition) is 1. The molecule has 0 atom stereocenters. The molecular weight excluding hydrogens is 338 g/mol. The van der Waals surface area contributed by atoms with Gasteiger partial charge in [-0.05, 0) is 55.9 Å². The van der Waals surface area contributed by atoms with E-state index in [-0.39, 0.29) is 25.2 Å². The Morgan fingerprint density at radius 1 is 1.23 bits per heavy atom. The van der Waals surface area contributed by atoms with Crippen LogP contribution in [0.15, 0.2) is 21.3 Å². The molecule has 0 spiro atoms. The van der Waals surface area contributed by atoms with Gasteiger partial charge in [0.1, 0.15) is 11.3 Å². The first-order valence-corrected chi connectivity index (χ1v) is 8.64. The third kappa shape index (κ3) is 3.87. The molecule has 1 aliphatic rings. The Morgan fingerprint density at radius 3 is 2.69 bits per heavy atom. The molecule has 0 radical (unpaired) electrons. The van der Waals surface area contributed by atoms with Gasteiger partial charge in [-0.25, -0.2) is 4.79 Å². The van der Waals surface area contributed by atoms with E-state index in [1.54, 1.807) is 6.07 Å². The molecule has 138 valence electrons. The lowest BCUT2D eigenvalue weighted by Crippen LogP contribution is -2.33. The SMILES string of the molecule is Cc1cc(OCC(=O)NCCC(=O)[O-])c2c3c(c(=O)oc2c1)CCCC3. The number of carboxylic acid groups (broad SMARTS) is 1. The zero-order chi connectivity index (χ0) is 18.7. The normalized spacial score (nSPS) is 13.3. The summed E-state index contributed by atoms with van der Waals surface area (Å²) in [5.41, 5.74) is 2.64. The molecule has 26 heavy (non-hydrogen) atoms. The molecule has 0 saturated heterocycles. The molecule has 7 heteroatoms. The molecule has 3 rings (SSSR count). The Labute approximate surface area is 150 Å². The number of aliphatic carboxylic acids is 1. The predicted octanol–water partition coefficient (Wildman–Crippen LogP) is 0.615. The van der Waals surface area contributed by atoms with Crippen LogP contribution in [-0.4, -0.2) is 25.0 Å². The van der Waals surface area contributed by atoms with Gasteiger partial charge < -0.3 is 24.4 Å². The lowest BCUT2D eigenvalue weighted by Gasteiger charge is -2.18. The zero-order valence-electron chi connectivity index (χ0n) is 14.6. The Kier molecular flexibility index (Phi) is 5.25. The van der Waals surface area contributed by atoms with Gasteiger partial charge in [0.25, 0.3) is 5.91 Å². The van der Waals surface area contributed by atoms with Crippen molar-refractivity contribution in [2.24, 2.45) is 0 Å². The highest BCUT2D eigenvalue weighted by Crippen LogP contribution is 2.34. The van der Waals surface area contributed by atoms with Crippen molar-refractivity contribution in [3.8, 4) is 5.75 Å². The summed E-state index contributed by atoms with van der Waals surface area (Å²) in [7, 11) is 0. The third-order valence-electron chi connectivity index (χ3n) is 4.44. The maximum atomic E-state index is 12.2. The Balaban J connectivity index is 1.87. The van der Waals surface area contributed by atoms with E-state index < -0.39 is 11.9 Å². The van der Waals surface area contributed by atoms with Crippen molar-refractivity contribution < 1.29 is 23.8 Å². The van der Waals surface area contributed by atoms with Crippen molar-refractivity contribution in [1.82, 2.24) is 5.32 Å². The Morgan fingerprint density at radius 2 is 1.96 bits per heavy atom. The lowest BCUT2D eigenvalue weighted by atomic mass is 9.90. The van der Waals surface area contributed by atoms with Gasteiger partial charge in [0.2, 0.25) is 0 Å². The monoisotopic (exact) mass is 358 g/mol. The van der Waals surface area contributed by atoms with Crippen molar-refractivity contribution in [2.45, 2.75) is 39.0 Å². The number of carbonyl (C=O) groups excluding carboxylic acids is 2. The topological polar surface area (TPSA) is 109 Å². The average molecular weight is 358 g/mol. The summed E-state index contributed by atoms with van der Waals surface area (Å²) in [4.78, 5) is 34.4. The largest absolute Gasteiger partial charge is 0.550 e. The van der Waals surface area contributed by atoms with Crippen LogP contribution in [0.2, 0.25) is 0 Å². The lowest BCUT2D eigenvalue weighted by molar-refractivity contribution is -0.305. The van der Waals surface area contributed by atoms with Crippen LogP contribution in [0.3, 0.4) is 0 Å². The molecule has 0 unspecified atom stereocenters. The molecule has 7 nitrogen and oxygen atoms in total. The fourth-order valence-corrected chi connectivity index (χ4v) is 3.28. The van der Waals surface area contributed by atoms with Gasteiger partial charge >= 0.3 is 5.63 Å². The average Bonchev–Trinajstić information content (AvgIpc) is 2.59. The Bertz CT molecular complexity index is 914. The fraction of sp³-hybridized carbons (Fsp3) is 0.421. The second-order valence-electron chi connectivity index (χ2n) is 6.45. The second-order valence-corrected chi connectivity index (χ2v) is 6.45. The van der Waals surface area contributed by atoms with Gasteiger partial charge in [-0.3, -0.25) is 4.79 Å². The number of fused-ring (bicyclic) bond motifs is 3. The first-order valence-electron chi connectivity index (χ1n) is 8.64. The maximum Gasteiger partial charge on any atom is 0.339 e. The number of carbonyl (C=O) groups is 2. The zero-order valence-corrected chi connectivity index (χ0v) is 14.6. The summed E-state index contributed by atoms with van der Waals surface area (Å²) < 4.78 is 11.2. The van der Waals surface area contributed by atoms with Crippen molar-refractivity contribution in [3.05, 3.63) is 39.2 Å². The first-order chi connectivity index (χ1) is 12.5. The highest BCUT2D eigenvalue weighted by Gasteiger charge is 2.21. The number of carboxylic acids is 1. The summed E-state index contributed by atoms with van der Waals surface area (Å²) >= 11 is 0. The number of amides is 1. The molecule has 0 saturated carbocycles. The standard InChI is InChI=1S/C19H21NO6/c1-11-8-14(25-10-16(21)20-7-6-17(22)23)18-12-4-2-3-5-13(12)19(24)26-15(18)9-11/h8-9H,2-7,10H2,1H3,(H,20,21)(H,22,23)/p-1. The maximum absolute atomic E-state index is 12.2. The van der Waals surface area contributed by atoms with Crippen molar-refractivity contribution in [1.29, 1.82) is 0 Å². The number of aryl methyl sites for hydroxylation is 2.